The van der Waals surface area contributed by atoms with Crippen LogP contribution in [0.15, 0.2) is 36.5 Å². The van der Waals surface area contributed by atoms with Gasteiger partial charge in [0.2, 0.25) is 5.91 Å². The molecule has 136 valence electrons. The Morgan fingerprint density at radius 1 is 1.19 bits per heavy atom. The Morgan fingerprint density at radius 3 is 2.73 bits per heavy atom. The summed E-state index contributed by atoms with van der Waals surface area (Å²) in [7, 11) is 0. The van der Waals surface area contributed by atoms with Crippen LogP contribution in [0.4, 0.5) is 5.82 Å². The van der Waals surface area contributed by atoms with Crippen molar-refractivity contribution in [1.29, 1.82) is 0 Å². The molecule has 2 N–H and O–H groups in total. The first kappa shape index (κ1) is 16.8. The molecule has 1 fully saturated rings. The first-order valence-corrected chi connectivity index (χ1v) is 9.32. The molecule has 0 saturated heterocycles. The van der Waals surface area contributed by atoms with Crippen LogP contribution in [0.1, 0.15) is 54.4 Å². The van der Waals surface area contributed by atoms with E-state index in [4.69, 9.17) is 0 Å². The predicted molar refractivity (Wildman–Crippen MR) is 98.5 cm³/mol. The van der Waals surface area contributed by atoms with Gasteiger partial charge in [-0.1, -0.05) is 37.5 Å². The summed E-state index contributed by atoms with van der Waals surface area (Å²) in [6.45, 7) is 1.30. The van der Waals surface area contributed by atoms with Crippen molar-refractivity contribution in [2.75, 3.05) is 11.9 Å². The highest BCUT2D eigenvalue weighted by Crippen LogP contribution is 2.41. The van der Waals surface area contributed by atoms with E-state index in [0.29, 0.717) is 25.3 Å². The fourth-order valence-electron chi connectivity index (χ4n) is 4.40. The standard InChI is InChI=1S/C20H24N4O2/c25-18(22-17-8-11-21-23-17)12-20(9-4-1-5-10-20)14-24-13-15-6-2-3-7-16(15)19(24)26/h2-3,6-8,11H,1,4-5,9-10,12-14H2,(H2,21,22,23,25). The molecule has 0 atom stereocenters. The second-order valence-electron chi connectivity index (χ2n) is 7.57. The Labute approximate surface area is 153 Å². The number of amides is 2. The topological polar surface area (TPSA) is 78.1 Å². The van der Waals surface area contributed by atoms with Gasteiger partial charge in [-0.25, -0.2) is 0 Å². The summed E-state index contributed by atoms with van der Waals surface area (Å²) in [5.41, 5.74) is 1.76. The molecule has 1 aromatic heterocycles. The van der Waals surface area contributed by atoms with Crippen LogP contribution in [0, 0.1) is 5.41 Å². The summed E-state index contributed by atoms with van der Waals surface area (Å²) in [6.07, 6.45) is 7.47. The maximum atomic E-state index is 12.8. The normalized spacial score (nSPS) is 18.6. The van der Waals surface area contributed by atoms with E-state index in [2.05, 4.69) is 15.5 Å². The van der Waals surface area contributed by atoms with Gasteiger partial charge < -0.3 is 10.2 Å². The molecule has 2 amide bonds. The van der Waals surface area contributed by atoms with E-state index in [1.165, 1.54) is 6.42 Å². The molecule has 6 heteroatoms. The van der Waals surface area contributed by atoms with E-state index >= 15 is 0 Å². The molecule has 0 spiro atoms. The van der Waals surface area contributed by atoms with Crippen LogP contribution in [-0.2, 0) is 11.3 Å². The number of carbonyl (C=O) groups is 2. The van der Waals surface area contributed by atoms with E-state index in [0.717, 1.165) is 36.8 Å². The van der Waals surface area contributed by atoms with Crippen LogP contribution in [0.25, 0.3) is 0 Å². The van der Waals surface area contributed by atoms with Gasteiger partial charge in [0.1, 0.15) is 5.82 Å². The van der Waals surface area contributed by atoms with Crippen molar-refractivity contribution in [3.8, 4) is 0 Å². The Morgan fingerprint density at radius 2 is 2.00 bits per heavy atom. The summed E-state index contributed by atoms with van der Waals surface area (Å²) in [4.78, 5) is 27.3. The quantitative estimate of drug-likeness (QED) is 0.866. The second kappa shape index (κ2) is 6.94. The molecule has 26 heavy (non-hydrogen) atoms. The molecule has 4 rings (SSSR count). The molecule has 2 aromatic rings. The Balaban J connectivity index is 1.48. The second-order valence-corrected chi connectivity index (χ2v) is 7.57. The van der Waals surface area contributed by atoms with Gasteiger partial charge in [-0.3, -0.25) is 14.7 Å². The average Bonchev–Trinajstić information content (AvgIpc) is 3.24. The summed E-state index contributed by atoms with van der Waals surface area (Å²) in [6, 6.07) is 9.55. The molecule has 2 aliphatic rings. The van der Waals surface area contributed by atoms with Crippen molar-refractivity contribution in [3.05, 3.63) is 47.7 Å². The molecule has 0 bridgehead atoms. The van der Waals surface area contributed by atoms with Crippen molar-refractivity contribution in [2.45, 2.75) is 45.1 Å². The number of aromatic amines is 1. The maximum absolute atomic E-state index is 12.8. The Hall–Kier alpha value is -2.63. The number of rotatable bonds is 5. The van der Waals surface area contributed by atoms with Crippen LogP contribution in [0.2, 0.25) is 0 Å². The number of benzene rings is 1. The van der Waals surface area contributed by atoms with Gasteiger partial charge in [-0.2, -0.15) is 5.10 Å². The van der Waals surface area contributed by atoms with E-state index in [9.17, 15) is 9.59 Å². The van der Waals surface area contributed by atoms with Crippen LogP contribution >= 0.6 is 0 Å². The molecule has 1 aliphatic carbocycles. The average molecular weight is 352 g/mol. The lowest BCUT2D eigenvalue weighted by Crippen LogP contribution is -2.41. The number of hydrogen-bond donors (Lipinski definition) is 2. The zero-order valence-corrected chi connectivity index (χ0v) is 14.8. The number of fused-ring (bicyclic) bond motifs is 1. The van der Waals surface area contributed by atoms with Crippen molar-refractivity contribution in [1.82, 2.24) is 15.1 Å². The molecule has 1 saturated carbocycles. The van der Waals surface area contributed by atoms with E-state index in [-0.39, 0.29) is 17.2 Å². The maximum Gasteiger partial charge on any atom is 0.254 e. The summed E-state index contributed by atoms with van der Waals surface area (Å²) < 4.78 is 0. The number of nitrogens with one attached hydrogen (secondary N) is 2. The van der Waals surface area contributed by atoms with Crippen molar-refractivity contribution < 1.29 is 9.59 Å². The third-order valence-corrected chi connectivity index (χ3v) is 5.65. The Kier molecular flexibility index (Phi) is 4.49. The molecule has 1 aliphatic heterocycles. The number of H-pyrrole nitrogens is 1. The number of anilines is 1. The molecular formula is C20H24N4O2. The third-order valence-electron chi connectivity index (χ3n) is 5.65. The highest BCUT2D eigenvalue weighted by molar-refractivity contribution is 5.98. The Bertz CT molecular complexity index is 794. The highest BCUT2D eigenvalue weighted by atomic mass is 16.2. The van der Waals surface area contributed by atoms with Gasteiger partial charge in [0.25, 0.3) is 5.91 Å². The molecule has 0 radical (unpaired) electrons. The van der Waals surface area contributed by atoms with E-state index < -0.39 is 0 Å². The minimum absolute atomic E-state index is 0.0136. The van der Waals surface area contributed by atoms with Gasteiger partial charge in [0.05, 0.1) is 6.20 Å². The minimum Gasteiger partial charge on any atom is -0.334 e. The summed E-state index contributed by atoms with van der Waals surface area (Å²) in [5, 5.41) is 9.51. The molecular weight excluding hydrogens is 328 g/mol. The zero-order chi connectivity index (χ0) is 18.0. The first-order chi connectivity index (χ1) is 12.7. The zero-order valence-electron chi connectivity index (χ0n) is 14.8. The van der Waals surface area contributed by atoms with E-state index in [1.54, 1.807) is 12.3 Å². The highest BCUT2D eigenvalue weighted by Gasteiger charge is 2.39. The van der Waals surface area contributed by atoms with Gasteiger partial charge in [-0.05, 0) is 29.9 Å². The number of aromatic nitrogens is 2. The largest absolute Gasteiger partial charge is 0.334 e. The van der Waals surface area contributed by atoms with Gasteiger partial charge in [-0.15, -0.1) is 0 Å². The van der Waals surface area contributed by atoms with Crippen LogP contribution < -0.4 is 5.32 Å². The van der Waals surface area contributed by atoms with Crippen LogP contribution in [0.3, 0.4) is 0 Å². The number of carbonyl (C=O) groups excluding carboxylic acids is 2. The SMILES string of the molecule is O=C(CC1(CN2Cc3ccccc3C2=O)CCCCC1)Nc1ccn[nH]1. The van der Waals surface area contributed by atoms with Crippen molar-refractivity contribution >= 4 is 17.6 Å². The lowest BCUT2D eigenvalue weighted by atomic mass is 9.71. The fraction of sp³-hybridized carbons (Fsp3) is 0.450. The number of nitrogens with zero attached hydrogens (tertiary/aromatic N) is 2. The van der Waals surface area contributed by atoms with E-state index in [1.807, 2.05) is 29.2 Å². The van der Waals surface area contributed by atoms with Gasteiger partial charge in [0.15, 0.2) is 0 Å². The molecule has 2 heterocycles. The summed E-state index contributed by atoms with van der Waals surface area (Å²) >= 11 is 0. The van der Waals surface area contributed by atoms with Crippen LogP contribution in [-0.4, -0.2) is 33.5 Å². The predicted octanol–water partition coefficient (Wildman–Crippen LogP) is 3.34. The van der Waals surface area contributed by atoms with Crippen LogP contribution in [0.5, 0.6) is 0 Å². The lowest BCUT2D eigenvalue weighted by Gasteiger charge is -2.39. The van der Waals surface area contributed by atoms with Gasteiger partial charge in [0, 0.05) is 31.1 Å². The molecule has 0 unspecified atom stereocenters. The monoisotopic (exact) mass is 352 g/mol. The van der Waals surface area contributed by atoms with Gasteiger partial charge >= 0.3 is 0 Å². The smallest absolute Gasteiger partial charge is 0.254 e. The van der Waals surface area contributed by atoms with Crippen molar-refractivity contribution in [3.63, 3.8) is 0 Å². The first-order valence-electron chi connectivity index (χ1n) is 9.32. The summed E-state index contributed by atoms with van der Waals surface area (Å²) in [5.74, 6) is 0.699. The fourth-order valence-corrected chi connectivity index (χ4v) is 4.40. The molecule has 6 nitrogen and oxygen atoms in total. The van der Waals surface area contributed by atoms with Crippen molar-refractivity contribution in [2.24, 2.45) is 5.41 Å². The third kappa shape index (κ3) is 3.36. The number of hydrogen-bond acceptors (Lipinski definition) is 3. The molecule has 1 aromatic carbocycles. The minimum atomic E-state index is -0.139. The lowest BCUT2D eigenvalue weighted by molar-refractivity contribution is -0.119.